The van der Waals surface area contributed by atoms with Crippen LogP contribution in [0.4, 0.5) is 4.79 Å². The van der Waals surface area contributed by atoms with Crippen LogP contribution < -0.4 is 5.32 Å². The molecule has 6 heteroatoms. The molecule has 1 unspecified atom stereocenters. The molecule has 2 aliphatic rings. The summed E-state index contributed by atoms with van der Waals surface area (Å²) in [5, 5.41) is 3.20. The van der Waals surface area contributed by atoms with E-state index in [1.54, 1.807) is 4.90 Å². The van der Waals surface area contributed by atoms with Crippen LogP contribution >= 0.6 is 0 Å². The van der Waals surface area contributed by atoms with Crippen molar-refractivity contribution < 1.29 is 9.59 Å². The molecule has 34 heavy (non-hydrogen) atoms. The fourth-order valence-corrected chi connectivity index (χ4v) is 5.36. The Kier molecular flexibility index (Phi) is 7.96. The van der Waals surface area contributed by atoms with Crippen molar-refractivity contribution in [2.24, 2.45) is 0 Å². The second-order valence-electron chi connectivity index (χ2n) is 10.1. The van der Waals surface area contributed by atoms with Gasteiger partial charge in [0.2, 0.25) is 5.91 Å². The third-order valence-corrected chi connectivity index (χ3v) is 7.32. The normalized spacial score (nSPS) is 18.6. The van der Waals surface area contributed by atoms with Gasteiger partial charge in [-0.2, -0.15) is 0 Å². The molecule has 1 aliphatic carbocycles. The molecule has 0 radical (unpaired) electrons. The summed E-state index contributed by atoms with van der Waals surface area (Å²) in [5.41, 5.74) is 3.54. The second-order valence-corrected chi connectivity index (χ2v) is 10.1. The van der Waals surface area contributed by atoms with Gasteiger partial charge in [-0.15, -0.1) is 0 Å². The molecule has 2 aromatic rings. The average molecular weight is 465 g/mol. The van der Waals surface area contributed by atoms with E-state index in [4.69, 9.17) is 0 Å². The molecule has 6 nitrogen and oxygen atoms in total. The molecule has 1 fully saturated rings. The Morgan fingerprint density at radius 2 is 1.79 bits per heavy atom. The van der Waals surface area contributed by atoms with E-state index in [0.717, 1.165) is 37.1 Å². The van der Waals surface area contributed by atoms with E-state index in [9.17, 15) is 9.59 Å². The lowest BCUT2D eigenvalue weighted by Gasteiger charge is -2.38. The number of fused-ring (bicyclic) bond motifs is 1. The Hall–Kier alpha value is -2.76. The zero-order valence-corrected chi connectivity index (χ0v) is 21.0. The Morgan fingerprint density at radius 1 is 1.06 bits per heavy atom. The predicted octanol–water partition coefficient (Wildman–Crippen LogP) is 5.30. The van der Waals surface area contributed by atoms with Gasteiger partial charge in [0, 0.05) is 37.6 Å². The molecule has 1 atom stereocenters. The van der Waals surface area contributed by atoms with Gasteiger partial charge >= 0.3 is 6.03 Å². The standard InChI is InChI=1S/C28H40N4O2/c1-4-16-31(28(34)29-24-9-6-5-7-10-24)20-26(33)32-19-18-30-17-8-11-25(30)27(32)23-14-12-22(13-15-23)21(2)3/h8,11-15,17,21,24,27H,4-7,9-10,16,18-20H2,1-3H3,(H,29,34). The zero-order valence-electron chi connectivity index (χ0n) is 21.0. The van der Waals surface area contributed by atoms with Crippen LogP contribution in [0.5, 0.6) is 0 Å². The molecule has 184 valence electrons. The largest absolute Gasteiger partial charge is 0.348 e. The highest BCUT2D eigenvalue weighted by Gasteiger charge is 2.33. The molecule has 2 heterocycles. The fourth-order valence-electron chi connectivity index (χ4n) is 5.36. The monoisotopic (exact) mass is 464 g/mol. The van der Waals surface area contributed by atoms with Crippen molar-refractivity contribution in [1.82, 2.24) is 19.7 Å². The number of carbonyl (C=O) groups is 2. The maximum absolute atomic E-state index is 13.7. The molecule has 0 bridgehead atoms. The average Bonchev–Trinajstić information content (AvgIpc) is 3.32. The Morgan fingerprint density at radius 3 is 2.47 bits per heavy atom. The van der Waals surface area contributed by atoms with Gasteiger partial charge < -0.3 is 19.7 Å². The van der Waals surface area contributed by atoms with Gasteiger partial charge in [-0.3, -0.25) is 4.79 Å². The van der Waals surface area contributed by atoms with E-state index in [1.807, 2.05) is 4.90 Å². The number of nitrogens with one attached hydrogen (secondary N) is 1. The number of urea groups is 1. The van der Waals surface area contributed by atoms with Crippen molar-refractivity contribution in [3.8, 4) is 0 Å². The molecular formula is C28H40N4O2. The summed E-state index contributed by atoms with van der Waals surface area (Å²) in [6, 6.07) is 12.8. The molecule has 0 spiro atoms. The SMILES string of the molecule is CCCN(CC(=O)N1CCn2cccc2C1c1ccc(C(C)C)cc1)C(=O)NC1CCCCC1. The summed E-state index contributed by atoms with van der Waals surface area (Å²) in [7, 11) is 0. The first kappa shape index (κ1) is 24.4. The molecule has 1 saturated carbocycles. The minimum absolute atomic E-state index is 0.0117. The van der Waals surface area contributed by atoms with Gasteiger partial charge in [0.05, 0.1) is 6.04 Å². The van der Waals surface area contributed by atoms with Crippen LogP contribution in [0.3, 0.4) is 0 Å². The molecule has 1 aromatic carbocycles. The summed E-state index contributed by atoms with van der Waals surface area (Å²) < 4.78 is 2.24. The number of amides is 3. The Labute approximate surface area is 204 Å². The smallest absolute Gasteiger partial charge is 0.318 e. The number of hydrogen-bond donors (Lipinski definition) is 1. The van der Waals surface area contributed by atoms with Crippen molar-refractivity contribution in [3.05, 3.63) is 59.4 Å². The third-order valence-electron chi connectivity index (χ3n) is 7.32. The summed E-state index contributed by atoms with van der Waals surface area (Å²) in [5.74, 6) is 0.477. The van der Waals surface area contributed by atoms with E-state index in [0.29, 0.717) is 19.0 Å². The topological polar surface area (TPSA) is 57.6 Å². The summed E-state index contributed by atoms with van der Waals surface area (Å²) in [6.45, 7) is 8.56. The molecule has 1 aromatic heterocycles. The molecule has 1 N–H and O–H groups in total. The number of hydrogen-bond acceptors (Lipinski definition) is 2. The number of carbonyl (C=O) groups excluding carboxylic acids is 2. The summed E-state index contributed by atoms with van der Waals surface area (Å²) in [4.78, 5) is 30.4. The quantitative estimate of drug-likeness (QED) is 0.605. The highest BCUT2D eigenvalue weighted by atomic mass is 16.2. The van der Waals surface area contributed by atoms with E-state index in [1.165, 1.54) is 24.8 Å². The van der Waals surface area contributed by atoms with Crippen LogP contribution in [0.25, 0.3) is 0 Å². The molecule has 3 amide bonds. The first-order valence-electron chi connectivity index (χ1n) is 13.1. The number of aromatic nitrogens is 1. The number of rotatable bonds is 7. The van der Waals surface area contributed by atoms with Gasteiger partial charge in [0.1, 0.15) is 6.54 Å². The minimum Gasteiger partial charge on any atom is -0.348 e. The van der Waals surface area contributed by atoms with Crippen LogP contribution in [0.1, 0.15) is 88.1 Å². The van der Waals surface area contributed by atoms with Crippen molar-refractivity contribution in [3.63, 3.8) is 0 Å². The summed E-state index contributed by atoms with van der Waals surface area (Å²) in [6.07, 6.45) is 8.58. The van der Waals surface area contributed by atoms with Crippen molar-refractivity contribution in [2.75, 3.05) is 19.6 Å². The second kappa shape index (κ2) is 11.1. The highest BCUT2D eigenvalue weighted by molar-refractivity contribution is 5.85. The van der Waals surface area contributed by atoms with Gasteiger partial charge in [-0.25, -0.2) is 4.79 Å². The fraction of sp³-hybridized carbons (Fsp3) is 0.571. The van der Waals surface area contributed by atoms with Gasteiger partial charge in [0.15, 0.2) is 0 Å². The lowest BCUT2D eigenvalue weighted by Crippen LogP contribution is -2.51. The summed E-state index contributed by atoms with van der Waals surface area (Å²) >= 11 is 0. The van der Waals surface area contributed by atoms with E-state index >= 15 is 0 Å². The maximum Gasteiger partial charge on any atom is 0.318 e. The van der Waals surface area contributed by atoms with Crippen LogP contribution in [-0.4, -0.2) is 52.0 Å². The van der Waals surface area contributed by atoms with Crippen molar-refractivity contribution in [2.45, 2.75) is 83.8 Å². The van der Waals surface area contributed by atoms with Gasteiger partial charge in [-0.1, -0.05) is 64.3 Å². The maximum atomic E-state index is 13.7. The Balaban J connectivity index is 1.52. The predicted molar refractivity (Wildman–Crippen MR) is 136 cm³/mol. The zero-order chi connectivity index (χ0) is 24.1. The van der Waals surface area contributed by atoms with Crippen LogP contribution in [0.2, 0.25) is 0 Å². The number of nitrogens with zero attached hydrogens (tertiary/aromatic N) is 3. The molecular weight excluding hydrogens is 424 g/mol. The molecule has 4 rings (SSSR count). The number of benzene rings is 1. The van der Waals surface area contributed by atoms with Crippen molar-refractivity contribution >= 4 is 11.9 Å². The van der Waals surface area contributed by atoms with Crippen LogP contribution in [-0.2, 0) is 11.3 Å². The first-order chi connectivity index (χ1) is 16.5. The highest BCUT2D eigenvalue weighted by Crippen LogP contribution is 2.33. The lowest BCUT2D eigenvalue weighted by atomic mass is 9.95. The van der Waals surface area contributed by atoms with Gasteiger partial charge in [0.25, 0.3) is 0 Å². The van der Waals surface area contributed by atoms with Crippen LogP contribution in [0.15, 0.2) is 42.6 Å². The van der Waals surface area contributed by atoms with Crippen LogP contribution in [0, 0.1) is 0 Å². The Bertz CT molecular complexity index is 959. The molecule has 0 saturated heterocycles. The van der Waals surface area contributed by atoms with Gasteiger partial charge in [-0.05, 0) is 48.4 Å². The van der Waals surface area contributed by atoms with Crippen molar-refractivity contribution in [1.29, 1.82) is 0 Å². The minimum atomic E-state index is -0.137. The first-order valence-corrected chi connectivity index (χ1v) is 13.1. The van der Waals surface area contributed by atoms with E-state index < -0.39 is 0 Å². The molecule has 1 aliphatic heterocycles. The third kappa shape index (κ3) is 5.48. The lowest BCUT2D eigenvalue weighted by molar-refractivity contribution is -0.134. The van der Waals surface area contributed by atoms with E-state index in [2.05, 4.69) is 73.3 Å². The van der Waals surface area contributed by atoms with E-state index in [-0.39, 0.29) is 30.6 Å².